The van der Waals surface area contributed by atoms with Crippen LogP contribution in [0.4, 0.5) is 0 Å². The standard InChI is InChI=1S/C34H41N3O2/c38-32-31(26-29-17-9-4-10-18-29)35-33(39)34(37(32)27-30-19-11-5-12-20-30)21-24-36(25-22-34)23-13-2-1-6-14-28-15-7-3-8-16-28/h3-5,7-12,15-20,31H,1-2,6,13-14,21-27H2,(H,35,39). The minimum Gasteiger partial charge on any atom is -0.342 e. The van der Waals surface area contributed by atoms with E-state index in [0.717, 1.165) is 37.2 Å². The van der Waals surface area contributed by atoms with E-state index in [9.17, 15) is 9.59 Å². The number of nitrogens with zero attached hydrogens (tertiary/aromatic N) is 2. The zero-order valence-corrected chi connectivity index (χ0v) is 22.9. The lowest BCUT2D eigenvalue weighted by molar-refractivity contribution is -0.162. The number of rotatable bonds is 11. The molecule has 1 N–H and O–H groups in total. The number of unbranched alkanes of at least 4 members (excludes halogenated alkanes) is 3. The zero-order valence-electron chi connectivity index (χ0n) is 22.9. The highest BCUT2D eigenvalue weighted by molar-refractivity contribution is 6.00. The summed E-state index contributed by atoms with van der Waals surface area (Å²) in [5.41, 5.74) is 2.78. The Hall–Kier alpha value is -3.44. The van der Waals surface area contributed by atoms with Crippen molar-refractivity contribution in [1.82, 2.24) is 15.1 Å². The Morgan fingerprint density at radius 3 is 1.90 bits per heavy atom. The molecule has 204 valence electrons. The summed E-state index contributed by atoms with van der Waals surface area (Å²) in [5.74, 6) is 0.0497. The van der Waals surface area contributed by atoms with Gasteiger partial charge in [0.2, 0.25) is 11.8 Å². The van der Waals surface area contributed by atoms with Crippen LogP contribution in [-0.4, -0.2) is 52.8 Å². The first kappa shape index (κ1) is 27.1. The molecule has 0 saturated carbocycles. The Bertz CT molecular complexity index is 1190. The monoisotopic (exact) mass is 523 g/mol. The van der Waals surface area contributed by atoms with Crippen molar-refractivity contribution in [3.05, 3.63) is 108 Å². The van der Waals surface area contributed by atoms with Gasteiger partial charge in [0.05, 0.1) is 0 Å². The predicted octanol–water partition coefficient (Wildman–Crippen LogP) is 5.39. The lowest BCUT2D eigenvalue weighted by atomic mass is 9.80. The van der Waals surface area contributed by atoms with Gasteiger partial charge in [-0.2, -0.15) is 0 Å². The van der Waals surface area contributed by atoms with E-state index in [1.807, 2.05) is 65.6 Å². The van der Waals surface area contributed by atoms with Gasteiger partial charge in [0.25, 0.3) is 0 Å². The second kappa shape index (κ2) is 13.1. The van der Waals surface area contributed by atoms with Gasteiger partial charge < -0.3 is 15.1 Å². The smallest absolute Gasteiger partial charge is 0.246 e. The summed E-state index contributed by atoms with van der Waals surface area (Å²) in [5, 5.41) is 3.14. The summed E-state index contributed by atoms with van der Waals surface area (Å²) < 4.78 is 0. The van der Waals surface area contributed by atoms with Gasteiger partial charge in [0.15, 0.2) is 0 Å². The molecule has 3 aromatic carbocycles. The SMILES string of the molecule is O=C1C(Cc2ccccc2)NC(=O)C2(CCN(CCCCCCc3ccccc3)CC2)N1Cc1ccccc1. The van der Waals surface area contributed by atoms with Crippen molar-refractivity contribution >= 4 is 11.8 Å². The molecule has 2 heterocycles. The fourth-order valence-electron chi connectivity index (χ4n) is 6.17. The second-order valence-electron chi connectivity index (χ2n) is 11.1. The number of carbonyl (C=O) groups excluding carboxylic acids is 2. The molecule has 2 saturated heterocycles. The molecule has 1 unspecified atom stereocenters. The molecule has 3 aromatic rings. The summed E-state index contributed by atoms with van der Waals surface area (Å²) in [6.07, 6.45) is 7.93. The topological polar surface area (TPSA) is 52.7 Å². The molecule has 1 atom stereocenters. The van der Waals surface area contributed by atoms with Crippen molar-refractivity contribution in [3.63, 3.8) is 0 Å². The van der Waals surface area contributed by atoms with Crippen LogP contribution in [0.3, 0.4) is 0 Å². The third-order valence-corrected chi connectivity index (χ3v) is 8.49. The Morgan fingerprint density at radius 2 is 1.26 bits per heavy atom. The van der Waals surface area contributed by atoms with Crippen molar-refractivity contribution in [1.29, 1.82) is 0 Å². The Kier molecular flexibility index (Phi) is 9.10. The summed E-state index contributed by atoms with van der Waals surface area (Å²) in [4.78, 5) is 32.1. The number of hydrogen-bond acceptors (Lipinski definition) is 3. The Labute approximate surface area is 233 Å². The maximum Gasteiger partial charge on any atom is 0.246 e. The van der Waals surface area contributed by atoms with Crippen LogP contribution in [0.1, 0.15) is 55.2 Å². The number of piperidine rings is 1. The lowest BCUT2D eigenvalue weighted by Gasteiger charge is -2.51. The second-order valence-corrected chi connectivity index (χ2v) is 11.1. The molecule has 5 rings (SSSR count). The highest BCUT2D eigenvalue weighted by Crippen LogP contribution is 2.35. The average Bonchev–Trinajstić information content (AvgIpc) is 2.98. The first-order chi connectivity index (χ1) is 19.1. The van der Waals surface area contributed by atoms with Crippen molar-refractivity contribution < 1.29 is 9.59 Å². The van der Waals surface area contributed by atoms with Crippen LogP contribution in [-0.2, 0) is 29.0 Å². The number of nitrogens with one attached hydrogen (secondary N) is 1. The van der Waals surface area contributed by atoms with Gasteiger partial charge >= 0.3 is 0 Å². The van der Waals surface area contributed by atoms with Gasteiger partial charge in [-0.1, -0.05) is 104 Å². The molecule has 0 aromatic heterocycles. The summed E-state index contributed by atoms with van der Waals surface area (Å²) >= 11 is 0. The van der Waals surface area contributed by atoms with Gasteiger partial charge in [0, 0.05) is 26.1 Å². The molecule has 0 radical (unpaired) electrons. The number of hydrogen-bond donors (Lipinski definition) is 1. The van der Waals surface area contributed by atoms with E-state index in [2.05, 4.69) is 40.5 Å². The van der Waals surface area contributed by atoms with Gasteiger partial charge in [-0.05, 0) is 55.3 Å². The van der Waals surface area contributed by atoms with Crippen molar-refractivity contribution in [2.75, 3.05) is 19.6 Å². The van der Waals surface area contributed by atoms with Crippen molar-refractivity contribution in [3.8, 4) is 0 Å². The Balaban J connectivity index is 1.18. The minimum absolute atomic E-state index is 0.0134. The molecule has 2 aliphatic heterocycles. The van der Waals surface area contributed by atoms with Crippen LogP contribution in [0.5, 0.6) is 0 Å². The molecule has 2 fully saturated rings. The molecule has 2 aliphatic rings. The van der Waals surface area contributed by atoms with Gasteiger partial charge in [-0.15, -0.1) is 0 Å². The first-order valence-electron chi connectivity index (χ1n) is 14.6. The number of likely N-dealkylation sites (tertiary alicyclic amines) is 1. The summed E-state index contributed by atoms with van der Waals surface area (Å²) in [6.45, 7) is 3.23. The van der Waals surface area contributed by atoms with Crippen LogP contribution in [0.25, 0.3) is 0 Å². The Morgan fingerprint density at radius 1 is 0.692 bits per heavy atom. The van der Waals surface area contributed by atoms with E-state index in [1.54, 1.807) is 0 Å². The van der Waals surface area contributed by atoms with E-state index in [-0.39, 0.29) is 11.8 Å². The summed E-state index contributed by atoms with van der Waals surface area (Å²) in [6, 6.07) is 30.2. The highest BCUT2D eigenvalue weighted by Gasteiger charge is 2.53. The molecule has 5 heteroatoms. The molecule has 0 aliphatic carbocycles. The van der Waals surface area contributed by atoms with Crippen LogP contribution < -0.4 is 5.32 Å². The fourth-order valence-corrected chi connectivity index (χ4v) is 6.17. The number of piperazine rings is 1. The van der Waals surface area contributed by atoms with Crippen LogP contribution in [0.15, 0.2) is 91.0 Å². The minimum atomic E-state index is -0.772. The zero-order chi connectivity index (χ0) is 26.9. The number of carbonyl (C=O) groups is 2. The van der Waals surface area contributed by atoms with Crippen molar-refractivity contribution in [2.24, 2.45) is 0 Å². The van der Waals surface area contributed by atoms with E-state index >= 15 is 0 Å². The normalized spacial score (nSPS) is 19.3. The van der Waals surface area contributed by atoms with E-state index in [4.69, 9.17) is 0 Å². The molecule has 2 amide bonds. The largest absolute Gasteiger partial charge is 0.342 e. The molecule has 5 nitrogen and oxygen atoms in total. The predicted molar refractivity (Wildman–Crippen MR) is 156 cm³/mol. The number of amides is 2. The molecule has 1 spiro atoms. The average molecular weight is 524 g/mol. The van der Waals surface area contributed by atoms with Crippen LogP contribution in [0, 0.1) is 0 Å². The van der Waals surface area contributed by atoms with Gasteiger partial charge in [-0.3, -0.25) is 9.59 Å². The highest BCUT2D eigenvalue weighted by atomic mass is 16.2. The van der Waals surface area contributed by atoms with E-state index in [1.165, 1.54) is 31.2 Å². The van der Waals surface area contributed by atoms with Crippen LogP contribution >= 0.6 is 0 Å². The third-order valence-electron chi connectivity index (χ3n) is 8.49. The fraction of sp³-hybridized carbons (Fsp3) is 0.412. The maximum absolute atomic E-state index is 13.9. The number of aryl methyl sites for hydroxylation is 1. The third kappa shape index (κ3) is 6.77. The summed E-state index contributed by atoms with van der Waals surface area (Å²) in [7, 11) is 0. The molecule has 39 heavy (non-hydrogen) atoms. The van der Waals surface area contributed by atoms with Gasteiger partial charge in [0.1, 0.15) is 11.6 Å². The maximum atomic E-state index is 13.9. The van der Waals surface area contributed by atoms with Gasteiger partial charge in [-0.25, -0.2) is 0 Å². The molecular formula is C34H41N3O2. The van der Waals surface area contributed by atoms with E-state index < -0.39 is 11.6 Å². The number of benzene rings is 3. The lowest BCUT2D eigenvalue weighted by Crippen LogP contribution is -2.72. The van der Waals surface area contributed by atoms with Crippen molar-refractivity contribution in [2.45, 2.75) is 69.5 Å². The van der Waals surface area contributed by atoms with Crippen LogP contribution in [0.2, 0.25) is 0 Å². The quantitative estimate of drug-likeness (QED) is 0.343. The molecular weight excluding hydrogens is 482 g/mol. The van der Waals surface area contributed by atoms with E-state index in [0.29, 0.717) is 25.8 Å². The first-order valence-corrected chi connectivity index (χ1v) is 14.6. The molecule has 0 bridgehead atoms.